The van der Waals surface area contributed by atoms with E-state index in [9.17, 15) is 5.26 Å². The first kappa shape index (κ1) is 17.8. The zero-order valence-corrected chi connectivity index (χ0v) is 15.6. The Bertz CT molecular complexity index is 1050. The van der Waals surface area contributed by atoms with Crippen molar-refractivity contribution in [1.29, 1.82) is 10.7 Å². The number of nitriles is 1. The van der Waals surface area contributed by atoms with Gasteiger partial charge in [0.15, 0.2) is 0 Å². The number of ether oxygens (including phenoxy) is 2. The van der Waals surface area contributed by atoms with Crippen LogP contribution in [0.5, 0.6) is 11.6 Å². The van der Waals surface area contributed by atoms with Crippen LogP contribution in [-0.4, -0.2) is 22.2 Å². The van der Waals surface area contributed by atoms with Gasteiger partial charge in [0.2, 0.25) is 11.8 Å². The number of para-hydroxylation sites is 1. The Morgan fingerprint density at radius 3 is 2.57 bits per heavy atom. The summed E-state index contributed by atoms with van der Waals surface area (Å²) in [6.07, 6.45) is -0.0154. The van der Waals surface area contributed by atoms with Crippen LogP contribution < -0.4 is 9.47 Å². The number of aromatic amines is 1. The van der Waals surface area contributed by atoms with Crippen LogP contribution in [0.4, 0.5) is 0 Å². The summed E-state index contributed by atoms with van der Waals surface area (Å²) in [6.45, 7) is 3.92. The van der Waals surface area contributed by atoms with Crippen LogP contribution in [0.2, 0.25) is 0 Å². The number of nitrogens with one attached hydrogen (secondary N) is 2. The van der Waals surface area contributed by atoms with Crippen molar-refractivity contribution in [3.8, 4) is 29.0 Å². The van der Waals surface area contributed by atoms with Gasteiger partial charge < -0.3 is 9.47 Å². The molecule has 0 fully saturated rings. The van der Waals surface area contributed by atoms with E-state index in [4.69, 9.17) is 14.9 Å². The summed E-state index contributed by atoms with van der Waals surface area (Å²) < 4.78 is 11.6. The van der Waals surface area contributed by atoms with Gasteiger partial charge in [-0.1, -0.05) is 48.5 Å². The lowest BCUT2D eigenvalue weighted by atomic mass is 9.78. The van der Waals surface area contributed by atoms with Crippen LogP contribution in [0.3, 0.4) is 0 Å². The van der Waals surface area contributed by atoms with E-state index in [1.54, 1.807) is 0 Å². The number of fused-ring (bicyclic) bond motifs is 1. The molecule has 2 atom stereocenters. The second-order valence-electron chi connectivity index (χ2n) is 6.94. The third-order valence-corrected chi connectivity index (χ3v) is 4.72. The normalized spacial score (nSPS) is 18.3. The first-order valence-electron chi connectivity index (χ1n) is 9.15. The minimum Gasteiger partial charge on any atom is -0.491 e. The lowest BCUT2D eigenvalue weighted by Crippen LogP contribution is -2.31. The molecule has 0 radical (unpaired) electrons. The minimum atomic E-state index is -0.774. The van der Waals surface area contributed by atoms with Crippen molar-refractivity contribution in [3.63, 3.8) is 0 Å². The highest BCUT2D eigenvalue weighted by Gasteiger charge is 2.42. The number of rotatable bonds is 4. The average molecular weight is 372 g/mol. The van der Waals surface area contributed by atoms with E-state index in [0.717, 1.165) is 22.4 Å². The summed E-state index contributed by atoms with van der Waals surface area (Å²) in [5.74, 6) is -0.275. The largest absolute Gasteiger partial charge is 0.491 e. The maximum atomic E-state index is 9.85. The van der Waals surface area contributed by atoms with Crippen LogP contribution in [0.15, 0.2) is 54.6 Å². The molecule has 0 aliphatic carbocycles. The van der Waals surface area contributed by atoms with Crippen LogP contribution in [0.1, 0.15) is 30.9 Å². The molecule has 2 N–H and O–H groups in total. The van der Waals surface area contributed by atoms with Crippen molar-refractivity contribution in [1.82, 2.24) is 10.2 Å². The van der Waals surface area contributed by atoms with E-state index in [1.165, 1.54) is 0 Å². The molecular formula is C22H20N4O2. The fraction of sp³-hybridized carbons (Fsp3) is 0.227. The highest BCUT2D eigenvalue weighted by Crippen LogP contribution is 2.47. The predicted octanol–water partition coefficient (Wildman–Crippen LogP) is 4.51. The quantitative estimate of drug-likeness (QED) is 0.705. The van der Waals surface area contributed by atoms with E-state index >= 15 is 0 Å². The zero-order valence-electron chi connectivity index (χ0n) is 15.6. The smallest absolute Gasteiger partial charge is 0.244 e. The number of H-pyrrole nitrogens is 1. The molecular weight excluding hydrogens is 352 g/mol. The van der Waals surface area contributed by atoms with Gasteiger partial charge in [-0.15, -0.1) is 5.10 Å². The minimum absolute atomic E-state index is 0.0154. The van der Waals surface area contributed by atoms with Crippen molar-refractivity contribution in [2.75, 3.05) is 0 Å². The Balaban J connectivity index is 1.94. The molecule has 6 heteroatoms. The SMILES string of the molecule is CC(C)Oc1ccccc1C1c2c(n[nH]c2-c2ccccc2)OC(=N)C1C#N. The number of hydrogen-bond donors (Lipinski definition) is 2. The molecule has 0 saturated heterocycles. The molecule has 0 spiro atoms. The van der Waals surface area contributed by atoms with Crippen molar-refractivity contribution in [3.05, 3.63) is 65.7 Å². The van der Waals surface area contributed by atoms with Gasteiger partial charge in [-0.3, -0.25) is 10.5 Å². The number of nitrogens with zero attached hydrogens (tertiary/aromatic N) is 2. The highest BCUT2D eigenvalue weighted by molar-refractivity contribution is 5.86. The van der Waals surface area contributed by atoms with E-state index in [1.807, 2.05) is 68.4 Å². The second-order valence-corrected chi connectivity index (χ2v) is 6.94. The molecule has 4 rings (SSSR count). The molecule has 2 heterocycles. The molecule has 28 heavy (non-hydrogen) atoms. The number of benzene rings is 2. The van der Waals surface area contributed by atoms with Gasteiger partial charge >= 0.3 is 0 Å². The highest BCUT2D eigenvalue weighted by atomic mass is 16.5. The molecule has 0 amide bonds. The van der Waals surface area contributed by atoms with Crippen LogP contribution in [0, 0.1) is 22.7 Å². The third kappa shape index (κ3) is 3.01. The van der Waals surface area contributed by atoms with Crippen molar-refractivity contribution >= 4 is 5.90 Å². The second kappa shape index (κ2) is 7.20. The fourth-order valence-corrected chi connectivity index (χ4v) is 3.58. The van der Waals surface area contributed by atoms with Crippen molar-refractivity contribution < 1.29 is 9.47 Å². The molecule has 3 aromatic rings. The summed E-state index contributed by atoms with van der Waals surface area (Å²) >= 11 is 0. The fourth-order valence-electron chi connectivity index (χ4n) is 3.58. The summed E-state index contributed by atoms with van der Waals surface area (Å²) in [4.78, 5) is 0. The number of hydrogen-bond acceptors (Lipinski definition) is 5. The Labute approximate surface area is 163 Å². The molecule has 1 aromatic heterocycles. The predicted molar refractivity (Wildman–Crippen MR) is 106 cm³/mol. The van der Waals surface area contributed by atoms with E-state index in [2.05, 4.69) is 16.3 Å². The van der Waals surface area contributed by atoms with Crippen LogP contribution in [0.25, 0.3) is 11.3 Å². The Hall–Kier alpha value is -3.59. The summed E-state index contributed by atoms with van der Waals surface area (Å²) in [5.41, 5.74) is 3.34. The zero-order chi connectivity index (χ0) is 19.7. The maximum absolute atomic E-state index is 9.85. The molecule has 140 valence electrons. The first-order valence-corrected chi connectivity index (χ1v) is 9.15. The Morgan fingerprint density at radius 2 is 1.86 bits per heavy atom. The van der Waals surface area contributed by atoms with E-state index in [-0.39, 0.29) is 12.0 Å². The summed E-state index contributed by atoms with van der Waals surface area (Å²) in [5, 5.41) is 25.4. The maximum Gasteiger partial charge on any atom is 0.244 e. The molecule has 2 aromatic carbocycles. The van der Waals surface area contributed by atoms with Gasteiger partial charge in [0.1, 0.15) is 11.7 Å². The average Bonchev–Trinajstić information content (AvgIpc) is 3.11. The summed E-state index contributed by atoms with van der Waals surface area (Å²) in [7, 11) is 0. The Morgan fingerprint density at radius 1 is 1.14 bits per heavy atom. The van der Waals surface area contributed by atoms with Crippen molar-refractivity contribution in [2.45, 2.75) is 25.9 Å². The van der Waals surface area contributed by atoms with Gasteiger partial charge in [-0.25, -0.2) is 0 Å². The third-order valence-electron chi connectivity index (χ3n) is 4.72. The molecule has 1 aliphatic heterocycles. The van der Waals surface area contributed by atoms with Crippen LogP contribution in [-0.2, 0) is 0 Å². The topological polar surface area (TPSA) is 94.8 Å². The van der Waals surface area contributed by atoms with Gasteiger partial charge in [-0.2, -0.15) is 5.26 Å². The standard InChI is InChI=1S/C22H20N4O2/c1-13(2)27-17-11-7-6-10-15(17)18-16(12-23)21(24)28-22-19(18)20(25-26-22)14-8-4-3-5-9-14/h3-11,13,16,18,24H,1-2H3,(H,25,26). The van der Waals surface area contributed by atoms with Gasteiger partial charge in [0.25, 0.3) is 0 Å². The monoisotopic (exact) mass is 372 g/mol. The van der Waals surface area contributed by atoms with Gasteiger partial charge in [0, 0.05) is 11.5 Å². The first-order chi connectivity index (χ1) is 13.6. The van der Waals surface area contributed by atoms with Crippen LogP contribution >= 0.6 is 0 Å². The molecule has 0 saturated carbocycles. The lowest BCUT2D eigenvalue weighted by Gasteiger charge is -2.29. The van der Waals surface area contributed by atoms with Gasteiger partial charge in [-0.05, 0) is 25.5 Å². The molecule has 6 nitrogen and oxygen atoms in total. The Kier molecular flexibility index (Phi) is 4.58. The molecule has 0 bridgehead atoms. The number of aromatic nitrogens is 2. The van der Waals surface area contributed by atoms with Gasteiger partial charge in [0.05, 0.1) is 23.4 Å². The lowest BCUT2D eigenvalue weighted by molar-refractivity contribution is 0.238. The van der Waals surface area contributed by atoms with Crippen molar-refractivity contribution in [2.24, 2.45) is 5.92 Å². The van der Waals surface area contributed by atoms with E-state index < -0.39 is 11.8 Å². The molecule has 1 aliphatic rings. The summed E-state index contributed by atoms with van der Waals surface area (Å²) in [6, 6.07) is 19.7. The van der Waals surface area contributed by atoms with E-state index in [0.29, 0.717) is 11.6 Å². The molecule has 2 unspecified atom stereocenters.